The van der Waals surface area contributed by atoms with E-state index >= 15 is 0 Å². The number of para-hydroxylation sites is 1. The molecular formula is C33H33Cl2N3O4S. The summed E-state index contributed by atoms with van der Waals surface area (Å²) >= 11 is 12.3. The molecule has 0 spiro atoms. The second-order valence-electron chi connectivity index (χ2n) is 9.95. The van der Waals surface area contributed by atoms with Crippen LogP contribution < -0.4 is 9.62 Å². The summed E-state index contributed by atoms with van der Waals surface area (Å²) in [5.74, 6) is -0.873. The van der Waals surface area contributed by atoms with Gasteiger partial charge in [-0.05, 0) is 66.1 Å². The van der Waals surface area contributed by atoms with Crippen LogP contribution in [0.1, 0.15) is 24.5 Å². The van der Waals surface area contributed by atoms with Crippen LogP contribution in [0, 0.1) is 0 Å². The zero-order chi connectivity index (χ0) is 30.8. The van der Waals surface area contributed by atoms with Crippen LogP contribution in [0.5, 0.6) is 0 Å². The maximum Gasteiger partial charge on any atom is 0.264 e. The molecule has 1 atom stereocenters. The Hall–Kier alpha value is -3.85. The molecule has 0 aromatic heterocycles. The van der Waals surface area contributed by atoms with E-state index in [2.05, 4.69) is 5.32 Å². The van der Waals surface area contributed by atoms with Crippen molar-refractivity contribution in [2.75, 3.05) is 17.4 Å². The first kappa shape index (κ1) is 32.1. The lowest BCUT2D eigenvalue weighted by atomic mass is 10.0. The maximum absolute atomic E-state index is 14.3. The molecule has 0 fully saturated rings. The van der Waals surface area contributed by atoms with Gasteiger partial charge < -0.3 is 10.2 Å². The zero-order valence-electron chi connectivity index (χ0n) is 23.7. The van der Waals surface area contributed by atoms with Crippen LogP contribution in [0.2, 0.25) is 10.0 Å². The molecule has 224 valence electrons. The summed E-state index contributed by atoms with van der Waals surface area (Å²) in [6, 6.07) is 29.7. The molecule has 43 heavy (non-hydrogen) atoms. The van der Waals surface area contributed by atoms with Gasteiger partial charge in [0.1, 0.15) is 12.6 Å². The minimum Gasteiger partial charge on any atom is -0.354 e. The van der Waals surface area contributed by atoms with Gasteiger partial charge in [0.05, 0.1) is 10.6 Å². The average Bonchev–Trinajstić information content (AvgIpc) is 3.01. The van der Waals surface area contributed by atoms with Crippen molar-refractivity contribution in [2.24, 2.45) is 0 Å². The van der Waals surface area contributed by atoms with E-state index in [0.29, 0.717) is 34.3 Å². The SMILES string of the molecule is CCCNC(=O)C(Cc1ccccc1)N(Cc1cccc(Cl)c1)C(=O)CN(c1ccccc1)S(=O)(=O)c1ccc(Cl)cc1. The number of hydrogen-bond donors (Lipinski definition) is 1. The molecule has 0 radical (unpaired) electrons. The highest BCUT2D eigenvalue weighted by Gasteiger charge is 2.34. The molecule has 1 N–H and O–H groups in total. The van der Waals surface area contributed by atoms with Gasteiger partial charge in [-0.15, -0.1) is 0 Å². The topological polar surface area (TPSA) is 86.8 Å². The fourth-order valence-corrected chi connectivity index (χ4v) is 6.36. The number of halogens is 2. The third kappa shape index (κ3) is 8.60. The van der Waals surface area contributed by atoms with Gasteiger partial charge in [0.15, 0.2) is 0 Å². The van der Waals surface area contributed by atoms with Crippen molar-refractivity contribution >= 4 is 50.7 Å². The number of amides is 2. The molecule has 0 heterocycles. The van der Waals surface area contributed by atoms with E-state index in [1.165, 1.54) is 29.2 Å². The summed E-state index contributed by atoms with van der Waals surface area (Å²) in [4.78, 5) is 29.4. The van der Waals surface area contributed by atoms with Gasteiger partial charge in [-0.2, -0.15) is 0 Å². The first-order valence-corrected chi connectivity index (χ1v) is 16.1. The van der Waals surface area contributed by atoms with Crippen LogP contribution in [0.4, 0.5) is 5.69 Å². The Morgan fingerprint density at radius 3 is 2.05 bits per heavy atom. The quantitative estimate of drug-likeness (QED) is 0.185. The molecule has 4 aromatic carbocycles. The number of nitrogens with one attached hydrogen (secondary N) is 1. The first-order valence-electron chi connectivity index (χ1n) is 13.9. The molecule has 7 nitrogen and oxygen atoms in total. The lowest BCUT2D eigenvalue weighted by Crippen LogP contribution is -2.53. The Kier molecular flexibility index (Phi) is 11.2. The Morgan fingerprint density at radius 1 is 0.791 bits per heavy atom. The molecule has 0 saturated carbocycles. The fraction of sp³-hybridized carbons (Fsp3) is 0.212. The number of anilines is 1. The van der Waals surface area contributed by atoms with Crippen LogP contribution in [0.3, 0.4) is 0 Å². The lowest BCUT2D eigenvalue weighted by molar-refractivity contribution is -0.140. The normalized spacial score (nSPS) is 11.9. The van der Waals surface area contributed by atoms with E-state index in [0.717, 1.165) is 9.87 Å². The number of hydrogen-bond acceptors (Lipinski definition) is 4. The van der Waals surface area contributed by atoms with Gasteiger partial charge in [0.25, 0.3) is 10.0 Å². The van der Waals surface area contributed by atoms with Crippen molar-refractivity contribution in [1.82, 2.24) is 10.2 Å². The van der Waals surface area contributed by atoms with Gasteiger partial charge in [0.2, 0.25) is 11.8 Å². The summed E-state index contributed by atoms with van der Waals surface area (Å²) in [5, 5.41) is 3.80. The summed E-state index contributed by atoms with van der Waals surface area (Å²) in [5.41, 5.74) is 1.87. The first-order chi connectivity index (χ1) is 20.7. The zero-order valence-corrected chi connectivity index (χ0v) is 26.0. The van der Waals surface area contributed by atoms with Gasteiger partial charge in [-0.3, -0.25) is 13.9 Å². The highest BCUT2D eigenvalue weighted by molar-refractivity contribution is 7.92. The van der Waals surface area contributed by atoms with Crippen molar-refractivity contribution in [2.45, 2.75) is 37.2 Å². The molecule has 0 aliphatic carbocycles. The third-order valence-electron chi connectivity index (χ3n) is 6.79. The Bertz CT molecular complexity index is 1620. The van der Waals surface area contributed by atoms with Gasteiger partial charge in [-0.25, -0.2) is 8.42 Å². The standard InChI is InChI=1S/C33H33Cl2N3O4S/c1-2-20-36-33(40)31(22-25-10-5-3-6-11-25)37(23-26-12-9-13-28(35)21-26)32(39)24-38(29-14-7-4-8-15-29)43(41,42)30-18-16-27(34)17-19-30/h3-19,21,31H,2,20,22-24H2,1H3,(H,36,40). The van der Waals surface area contributed by atoms with E-state index in [9.17, 15) is 18.0 Å². The van der Waals surface area contributed by atoms with Crippen LogP contribution in [-0.4, -0.2) is 44.3 Å². The number of benzene rings is 4. The summed E-state index contributed by atoms with van der Waals surface area (Å²) < 4.78 is 29.0. The van der Waals surface area contributed by atoms with E-state index in [1.807, 2.05) is 43.3 Å². The average molecular weight is 639 g/mol. The second-order valence-corrected chi connectivity index (χ2v) is 12.7. The van der Waals surface area contributed by atoms with Crippen molar-refractivity contribution in [3.63, 3.8) is 0 Å². The van der Waals surface area contributed by atoms with E-state index in [-0.39, 0.29) is 23.8 Å². The molecule has 0 saturated heterocycles. The predicted octanol–water partition coefficient (Wildman–Crippen LogP) is 6.36. The van der Waals surface area contributed by atoms with Gasteiger partial charge in [-0.1, -0.05) is 90.8 Å². The smallest absolute Gasteiger partial charge is 0.264 e. The highest BCUT2D eigenvalue weighted by Crippen LogP contribution is 2.26. The largest absolute Gasteiger partial charge is 0.354 e. The van der Waals surface area contributed by atoms with Gasteiger partial charge in [0, 0.05) is 29.6 Å². The monoisotopic (exact) mass is 637 g/mol. The van der Waals surface area contributed by atoms with Crippen molar-refractivity contribution < 1.29 is 18.0 Å². The summed E-state index contributed by atoms with van der Waals surface area (Å²) in [6.45, 7) is 1.88. The fourth-order valence-electron chi connectivity index (χ4n) is 4.61. The maximum atomic E-state index is 14.3. The summed E-state index contributed by atoms with van der Waals surface area (Å²) in [6.07, 6.45) is 0.950. The van der Waals surface area contributed by atoms with E-state index < -0.39 is 28.5 Å². The molecule has 0 aliphatic rings. The molecular weight excluding hydrogens is 605 g/mol. The minimum atomic E-state index is -4.19. The highest BCUT2D eigenvalue weighted by atomic mass is 35.5. The third-order valence-corrected chi connectivity index (χ3v) is 9.06. The van der Waals surface area contributed by atoms with Crippen LogP contribution in [0.15, 0.2) is 114 Å². The molecule has 0 aliphatic heterocycles. The lowest BCUT2D eigenvalue weighted by Gasteiger charge is -2.34. The molecule has 2 amide bonds. The van der Waals surface area contributed by atoms with Crippen molar-refractivity contribution in [1.29, 1.82) is 0 Å². The number of carbonyl (C=O) groups excluding carboxylic acids is 2. The van der Waals surface area contributed by atoms with E-state index in [1.54, 1.807) is 48.5 Å². The molecule has 1 unspecified atom stereocenters. The Labute approximate surface area is 263 Å². The Morgan fingerprint density at radius 2 is 1.42 bits per heavy atom. The van der Waals surface area contributed by atoms with Crippen molar-refractivity contribution in [3.8, 4) is 0 Å². The molecule has 4 aromatic rings. The minimum absolute atomic E-state index is 0.0172. The molecule has 4 rings (SSSR count). The van der Waals surface area contributed by atoms with Crippen LogP contribution in [0.25, 0.3) is 0 Å². The number of sulfonamides is 1. The van der Waals surface area contributed by atoms with Gasteiger partial charge >= 0.3 is 0 Å². The van der Waals surface area contributed by atoms with Crippen LogP contribution >= 0.6 is 23.2 Å². The number of carbonyl (C=O) groups is 2. The second kappa shape index (κ2) is 15.0. The molecule has 0 bridgehead atoms. The molecule has 10 heteroatoms. The number of rotatable bonds is 13. The predicted molar refractivity (Wildman–Crippen MR) is 172 cm³/mol. The summed E-state index contributed by atoms with van der Waals surface area (Å²) in [7, 11) is -4.19. The van der Waals surface area contributed by atoms with Crippen LogP contribution in [-0.2, 0) is 32.6 Å². The number of nitrogens with zero attached hydrogens (tertiary/aromatic N) is 2. The van der Waals surface area contributed by atoms with E-state index in [4.69, 9.17) is 23.2 Å². The van der Waals surface area contributed by atoms with Crippen molar-refractivity contribution in [3.05, 3.63) is 130 Å². The Balaban J connectivity index is 1.78.